The molecule has 29 heavy (non-hydrogen) atoms. The minimum absolute atomic E-state index is 0.180. The van der Waals surface area contributed by atoms with Gasteiger partial charge >= 0.3 is 5.97 Å². The Hall–Kier alpha value is -3.22. The Morgan fingerprint density at radius 1 is 0.931 bits per heavy atom. The monoisotopic (exact) mass is 401 g/mol. The second-order valence-corrected chi connectivity index (χ2v) is 6.35. The fraction of sp³-hybridized carbons (Fsp3) is 0.364. The quantitative estimate of drug-likeness (QED) is 0.426. The molecule has 7 nitrogen and oxygen atoms in total. The highest BCUT2D eigenvalue weighted by molar-refractivity contribution is 5.80. The van der Waals surface area contributed by atoms with Crippen molar-refractivity contribution in [2.24, 2.45) is 0 Å². The highest BCUT2D eigenvalue weighted by Gasteiger charge is 2.14. The molecule has 2 aromatic rings. The van der Waals surface area contributed by atoms with E-state index in [2.05, 4.69) is 0 Å². The first kappa shape index (κ1) is 22.1. The number of hydrogen-bond donors (Lipinski definition) is 0. The third-order valence-corrected chi connectivity index (χ3v) is 4.24. The van der Waals surface area contributed by atoms with E-state index in [1.807, 2.05) is 24.3 Å². The highest BCUT2D eigenvalue weighted by atomic mass is 16.5. The molecule has 0 spiro atoms. The zero-order chi connectivity index (χ0) is 21.1. The van der Waals surface area contributed by atoms with Crippen LogP contribution in [0.4, 0.5) is 0 Å². The van der Waals surface area contributed by atoms with Crippen LogP contribution in [0.15, 0.2) is 48.5 Å². The van der Waals surface area contributed by atoms with Gasteiger partial charge in [-0.25, -0.2) is 0 Å². The molecule has 1 amide bonds. The van der Waals surface area contributed by atoms with Gasteiger partial charge in [-0.05, 0) is 36.8 Å². The van der Waals surface area contributed by atoms with E-state index in [0.717, 1.165) is 11.3 Å². The molecular weight excluding hydrogens is 374 g/mol. The molecule has 0 aromatic heterocycles. The predicted molar refractivity (Wildman–Crippen MR) is 108 cm³/mol. The van der Waals surface area contributed by atoms with Crippen LogP contribution < -0.4 is 14.2 Å². The van der Waals surface area contributed by atoms with E-state index in [1.54, 1.807) is 45.5 Å². The van der Waals surface area contributed by atoms with Gasteiger partial charge in [0.1, 0.15) is 17.2 Å². The van der Waals surface area contributed by atoms with Crippen molar-refractivity contribution in [2.75, 3.05) is 34.5 Å². The van der Waals surface area contributed by atoms with Crippen LogP contribution >= 0.6 is 0 Å². The van der Waals surface area contributed by atoms with Gasteiger partial charge in [-0.1, -0.05) is 18.2 Å². The van der Waals surface area contributed by atoms with Crippen LogP contribution in [0.5, 0.6) is 17.2 Å². The van der Waals surface area contributed by atoms with Gasteiger partial charge in [0.15, 0.2) is 6.61 Å². The molecule has 0 saturated carbocycles. The van der Waals surface area contributed by atoms with Gasteiger partial charge in [-0.3, -0.25) is 9.59 Å². The van der Waals surface area contributed by atoms with Crippen molar-refractivity contribution in [2.45, 2.75) is 19.4 Å². The number of amides is 1. The summed E-state index contributed by atoms with van der Waals surface area (Å²) < 4.78 is 21.0. The van der Waals surface area contributed by atoms with Gasteiger partial charge in [-0.15, -0.1) is 0 Å². The van der Waals surface area contributed by atoms with E-state index in [-0.39, 0.29) is 18.9 Å². The number of esters is 1. The number of para-hydroxylation sites is 1. The fourth-order valence-corrected chi connectivity index (χ4v) is 2.58. The van der Waals surface area contributed by atoms with Crippen LogP contribution in [0.3, 0.4) is 0 Å². The second kappa shape index (κ2) is 11.6. The number of ether oxygens (including phenoxy) is 4. The van der Waals surface area contributed by atoms with Gasteiger partial charge in [0.2, 0.25) is 0 Å². The highest BCUT2D eigenvalue weighted by Crippen LogP contribution is 2.19. The molecule has 2 rings (SSSR count). The maximum atomic E-state index is 12.2. The van der Waals surface area contributed by atoms with Gasteiger partial charge in [0.05, 0.1) is 20.8 Å². The standard InChI is InChI=1S/C22H27NO6/c1-23(15-17-7-4-5-8-20(17)27-3)21(24)16-29-22(25)9-6-14-28-19-12-10-18(26-2)11-13-19/h4-5,7-8,10-13H,6,9,14-16H2,1-3H3. The van der Waals surface area contributed by atoms with Crippen LogP contribution in [0.25, 0.3) is 0 Å². The van der Waals surface area contributed by atoms with Crippen molar-refractivity contribution in [3.05, 3.63) is 54.1 Å². The van der Waals surface area contributed by atoms with E-state index >= 15 is 0 Å². The van der Waals surface area contributed by atoms with Gasteiger partial charge in [0, 0.05) is 25.6 Å². The Kier molecular flexibility index (Phi) is 8.82. The van der Waals surface area contributed by atoms with Crippen LogP contribution in [0.1, 0.15) is 18.4 Å². The van der Waals surface area contributed by atoms with Crippen LogP contribution in [-0.2, 0) is 20.9 Å². The molecule has 0 N–H and O–H groups in total. The summed E-state index contributed by atoms with van der Waals surface area (Å²) in [5.41, 5.74) is 0.882. The van der Waals surface area contributed by atoms with Crippen LogP contribution in [0, 0.1) is 0 Å². The number of likely N-dealkylation sites (N-methyl/N-ethyl adjacent to an activating group) is 1. The van der Waals surface area contributed by atoms with Crippen molar-refractivity contribution >= 4 is 11.9 Å². The van der Waals surface area contributed by atoms with Crippen molar-refractivity contribution in [3.8, 4) is 17.2 Å². The summed E-state index contributed by atoms with van der Waals surface area (Å²) in [5, 5.41) is 0. The molecule has 0 saturated heterocycles. The van der Waals surface area contributed by atoms with Crippen LogP contribution in [0.2, 0.25) is 0 Å². The molecule has 0 heterocycles. The minimum atomic E-state index is -0.428. The van der Waals surface area contributed by atoms with Crippen molar-refractivity contribution in [3.63, 3.8) is 0 Å². The molecule has 0 radical (unpaired) electrons. The maximum Gasteiger partial charge on any atom is 0.306 e. The molecule has 0 fully saturated rings. The summed E-state index contributed by atoms with van der Waals surface area (Å²) in [4.78, 5) is 25.5. The average molecular weight is 401 g/mol. The summed E-state index contributed by atoms with van der Waals surface area (Å²) in [6.45, 7) is 0.461. The first-order valence-corrected chi connectivity index (χ1v) is 9.32. The summed E-state index contributed by atoms with van der Waals surface area (Å²) in [6.07, 6.45) is 0.676. The smallest absolute Gasteiger partial charge is 0.306 e. The van der Waals surface area contributed by atoms with E-state index in [9.17, 15) is 9.59 Å². The van der Waals surface area contributed by atoms with E-state index in [1.165, 1.54) is 4.90 Å². The number of rotatable bonds is 11. The Bertz CT molecular complexity index is 790. The lowest BCUT2D eigenvalue weighted by Crippen LogP contribution is -2.31. The van der Waals surface area contributed by atoms with E-state index < -0.39 is 5.97 Å². The summed E-state index contributed by atoms with van der Waals surface area (Å²) in [7, 11) is 4.84. The molecule has 0 unspecified atom stereocenters. The van der Waals surface area contributed by atoms with E-state index in [4.69, 9.17) is 18.9 Å². The Labute approximate surface area is 171 Å². The molecule has 0 aliphatic heterocycles. The zero-order valence-electron chi connectivity index (χ0n) is 17.1. The number of nitrogens with zero attached hydrogens (tertiary/aromatic N) is 1. The lowest BCUT2D eigenvalue weighted by atomic mass is 10.2. The first-order chi connectivity index (χ1) is 14.0. The number of carbonyl (C=O) groups is 2. The lowest BCUT2D eigenvalue weighted by molar-refractivity contribution is -0.151. The Balaban J connectivity index is 1.65. The maximum absolute atomic E-state index is 12.2. The minimum Gasteiger partial charge on any atom is -0.497 e. The van der Waals surface area contributed by atoms with Crippen LogP contribution in [-0.4, -0.2) is 51.3 Å². The first-order valence-electron chi connectivity index (χ1n) is 9.32. The normalized spacial score (nSPS) is 10.2. The molecule has 0 bridgehead atoms. The molecule has 0 atom stereocenters. The Morgan fingerprint density at radius 3 is 2.31 bits per heavy atom. The molecule has 0 aliphatic carbocycles. The fourth-order valence-electron chi connectivity index (χ4n) is 2.58. The Morgan fingerprint density at radius 2 is 1.62 bits per heavy atom. The molecular formula is C22H27NO6. The SMILES string of the molecule is COc1ccc(OCCCC(=O)OCC(=O)N(C)Cc2ccccc2OC)cc1. The number of hydrogen-bond acceptors (Lipinski definition) is 6. The van der Waals surface area contributed by atoms with Gasteiger partial charge < -0.3 is 23.8 Å². The summed E-state index contributed by atoms with van der Waals surface area (Å²) in [6, 6.07) is 14.7. The molecule has 0 aliphatic rings. The third kappa shape index (κ3) is 7.37. The molecule has 156 valence electrons. The van der Waals surface area contributed by atoms with Crippen molar-refractivity contribution < 1.29 is 28.5 Å². The van der Waals surface area contributed by atoms with Gasteiger partial charge in [0.25, 0.3) is 5.91 Å². The second-order valence-electron chi connectivity index (χ2n) is 6.35. The number of benzene rings is 2. The predicted octanol–water partition coefficient (Wildman–Crippen LogP) is 3.06. The summed E-state index contributed by atoms with van der Waals surface area (Å²) >= 11 is 0. The van der Waals surface area contributed by atoms with Crippen molar-refractivity contribution in [1.82, 2.24) is 4.90 Å². The third-order valence-electron chi connectivity index (χ3n) is 4.24. The largest absolute Gasteiger partial charge is 0.497 e. The summed E-state index contributed by atoms with van der Waals surface area (Å²) in [5.74, 6) is 1.45. The number of carbonyl (C=O) groups excluding carboxylic acids is 2. The number of methoxy groups -OCH3 is 2. The van der Waals surface area contributed by atoms with E-state index in [0.29, 0.717) is 31.1 Å². The van der Waals surface area contributed by atoms with Crippen molar-refractivity contribution in [1.29, 1.82) is 0 Å². The molecule has 7 heteroatoms. The lowest BCUT2D eigenvalue weighted by Gasteiger charge is -2.18. The van der Waals surface area contributed by atoms with Gasteiger partial charge in [-0.2, -0.15) is 0 Å². The molecule has 2 aromatic carbocycles. The average Bonchev–Trinajstić information content (AvgIpc) is 2.75. The topological polar surface area (TPSA) is 74.3 Å². The zero-order valence-corrected chi connectivity index (χ0v) is 17.1.